The van der Waals surface area contributed by atoms with Crippen molar-refractivity contribution in [1.29, 1.82) is 0 Å². The van der Waals surface area contributed by atoms with Crippen LogP contribution in [0.2, 0.25) is 0 Å². The first kappa shape index (κ1) is 12.5. The Kier molecular flexibility index (Phi) is 5.69. The number of ether oxygens (including phenoxy) is 1. The highest BCUT2D eigenvalue weighted by molar-refractivity contribution is 5.69. The SMILES string of the molecule is CCCCCC(=O)OC1CCN(C)CC1. The molecule has 0 aliphatic carbocycles. The summed E-state index contributed by atoms with van der Waals surface area (Å²) in [5.41, 5.74) is 0. The molecular formula is C12H23NO2. The predicted molar refractivity (Wildman–Crippen MR) is 60.8 cm³/mol. The molecule has 1 aliphatic heterocycles. The van der Waals surface area contributed by atoms with Crippen LogP contribution in [0.3, 0.4) is 0 Å². The van der Waals surface area contributed by atoms with Crippen molar-refractivity contribution in [3.63, 3.8) is 0 Å². The topological polar surface area (TPSA) is 29.5 Å². The van der Waals surface area contributed by atoms with E-state index in [2.05, 4.69) is 18.9 Å². The van der Waals surface area contributed by atoms with E-state index in [0.29, 0.717) is 6.42 Å². The molecule has 0 N–H and O–H groups in total. The molecule has 0 aromatic carbocycles. The van der Waals surface area contributed by atoms with E-state index in [1.165, 1.54) is 0 Å². The molecule has 0 atom stereocenters. The molecule has 0 aromatic heterocycles. The van der Waals surface area contributed by atoms with Gasteiger partial charge >= 0.3 is 5.97 Å². The summed E-state index contributed by atoms with van der Waals surface area (Å²) in [5.74, 6) is -0.00185. The van der Waals surface area contributed by atoms with Crippen LogP contribution in [0.25, 0.3) is 0 Å². The Morgan fingerprint density at radius 1 is 1.33 bits per heavy atom. The van der Waals surface area contributed by atoms with Crippen LogP contribution < -0.4 is 0 Å². The Morgan fingerprint density at radius 2 is 2.00 bits per heavy atom. The maximum absolute atomic E-state index is 11.4. The number of carbonyl (C=O) groups is 1. The first-order valence-corrected chi connectivity index (χ1v) is 6.10. The molecule has 1 aliphatic rings. The maximum atomic E-state index is 11.4. The van der Waals surface area contributed by atoms with Crippen molar-refractivity contribution in [3.8, 4) is 0 Å². The molecule has 88 valence electrons. The lowest BCUT2D eigenvalue weighted by atomic mass is 10.1. The monoisotopic (exact) mass is 213 g/mol. The average molecular weight is 213 g/mol. The summed E-state index contributed by atoms with van der Waals surface area (Å²) in [6, 6.07) is 0. The number of nitrogens with zero attached hydrogens (tertiary/aromatic N) is 1. The zero-order valence-corrected chi connectivity index (χ0v) is 10.00. The molecule has 0 radical (unpaired) electrons. The van der Waals surface area contributed by atoms with Crippen LogP contribution in [0.15, 0.2) is 0 Å². The number of unbranched alkanes of at least 4 members (excludes halogenated alkanes) is 2. The molecule has 0 amide bonds. The quantitative estimate of drug-likeness (QED) is 0.518. The fourth-order valence-electron chi connectivity index (χ4n) is 1.87. The number of likely N-dealkylation sites (tertiary alicyclic amines) is 1. The van der Waals surface area contributed by atoms with Crippen molar-refractivity contribution in [3.05, 3.63) is 0 Å². The largest absolute Gasteiger partial charge is 0.462 e. The van der Waals surface area contributed by atoms with Crippen LogP contribution in [-0.2, 0) is 9.53 Å². The molecule has 1 saturated heterocycles. The summed E-state index contributed by atoms with van der Waals surface area (Å²) in [4.78, 5) is 13.7. The predicted octanol–water partition coefficient (Wildman–Crippen LogP) is 2.20. The summed E-state index contributed by atoms with van der Waals surface area (Å²) in [7, 11) is 2.11. The second-order valence-corrected chi connectivity index (χ2v) is 4.45. The van der Waals surface area contributed by atoms with Gasteiger partial charge in [0.2, 0.25) is 0 Å². The van der Waals surface area contributed by atoms with Gasteiger partial charge in [-0.2, -0.15) is 0 Å². The molecule has 3 heteroatoms. The number of carbonyl (C=O) groups excluding carboxylic acids is 1. The van der Waals surface area contributed by atoms with E-state index in [9.17, 15) is 4.79 Å². The molecule has 15 heavy (non-hydrogen) atoms. The van der Waals surface area contributed by atoms with Gasteiger partial charge in [-0.15, -0.1) is 0 Å². The second kappa shape index (κ2) is 6.83. The van der Waals surface area contributed by atoms with Gasteiger partial charge in [-0.05, 0) is 26.3 Å². The summed E-state index contributed by atoms with van der Waals surface area (Å²) >= 11 is 0. The van der Waals surface area contributed by atoms with Crippen LogP contribution in [0.4, 0.5) is 0 Å². The number of hydrogen-bond acceptors (Lipinski definition) is 3. The third-order valence-corrected chi connectivity index (χ3v) is 2.95. The summed E-state index contributed by atoms with van der Waals surface area (Å²) in [5, 5.41) is 0. The minimum Gasteiger partial charge on any atom is -0.462 e. The highest BCUT2D eigenvalue weighted by Gasteiger charge is 2.19. The highest BCUT2D eigenvalue weighted by Crippen LogP contribution is 2.13. The number of esters is 1. The molecule has 0 unspecified atom stereocenters. The van der Waals surface area contributed by atoms with Gasteiger partial charge in [0.1, 0.15) is 6.10 Å². The lowest BCUT2D eigenvalue weighted by Crippen LogP contribution is -2.35. The van der Waals surface area contributed by atoms with Crippen molar-refractivity contribution < 1.29 is 9.53 Å². The molecule has 1 heterocycles. The van der Waals surface area contributed by atoms with Crippen molar-refractivity contribution in [2.24, 2.45) is 0 Å². The van der Waals surface area contributed by atoms with E-state index in [0.717, 1.165) is 45.2 Å². The molecule has 1 rings (SSSR count). The Bertz CT molecular complexity index is 186. The standard InChI is InChI=1S/C12H23NO2/c1-3-4-5-6-12(14)15-11-7-9-13(2)10-8-11/h11H,3-10H2,1-2H3. The molecule has 0 spiro atoms. The first-order chi connectivity index (χ1) is 7.22. The Hall–Kier alpha value is -0.570. The lowest BCUT2D eigenvalue weighted by molar-refractivity contribution is -0.151. The zero-order chi connectivity index (χ0) is 11.1. The maximum Gasteiger partial charge on any atom is 0.306 e. The van der Waals surface area contributed by atoms with Crippen LogP contribution in [0.5, 0.6) is 0 Å². The Morgan fingerprint density at radius 3 is 2.60 bits per heavy atom. The van der Waals surface area contributed by atoms with E-state index < -0.39 is 0 Å². The number of piperidine rings is 1. The zero-order valence-electron chi connectivity index (χ0n) is 10.00. The van der Waals surface area contributed by atoms with E-state index in [1.807, 2.05) is 0 Å². The van der Waals surface area contributed by atoms with Crippen molar-refractivity contribution in [1.82, 2.24) is 4.90 Å². The van der Waals surface area contributed by atoms with E-state index in [1.54, 1.807) is 0 Å². The normalized spacial score (nSPS) is 19.1. The van der Waals surface area contributed by atoms with Crippen LogP contribution in [0, 0.1) is 0 Å². The first-order valence-electron chi connectivity index (χ1n) is 6.10. The molecule has 0 aromatic rings. The van der Waals surface area contributed by atoms with Crippen molar-refractivity contribution in [2.45, 2.75) is 51.6 Å². The van der Waals surface area contributed by atoms with Gasteiger partial charge in [0, 0.05) is 19.5 Å². The van der Waals surface area contributed by atoms with Gasteiger partial charge in [0.05, 0.1) is 0 Å². The van der Waals surface area contributed by atoms with Crippen molar-refractivity contribution in [2.75, 3.05) is 20.1 Å². The van der Waals surface area contributed by atoms with Gasteiger partial charge in [-0.1, -0.05) is 19.8 Å². The van der Waals surface area contributed by atoms with Crippen LogP contribution in [-0.4, -0.2) is 37.1 Å². The molecule has 0 bridgehead atoms. The van der Waals surface area contributed by atoms with Gasteiger partial charge in [-0.25, -0.2) is 0 Å². The smallest absolute Gasteiger partial charge is 0.306 e. The minimum atomic E-state index is -0.00185. The highest BCUT2D eigenvalue weighted by atomic mass is 16.5. The van der Waals surface area contributed by atoms with Gasteiger partial charge in [-0.3, -0.25) is 4.79 Å². The van der Waals surface area contributed by atoms with E-state index in [4.69, 9.17) is 4.74 Å². The van der Waals surface area contributed by atoms with E-state index in [-0.39, 0.29) is 12.1 Å². The Balaban J connectivity index is 2.09. The summed E-state index contributed by atoms with van der Waals surface area (Å²) in [6.45, 7) is 4.24. The van der Waals surface area contributed by atoms with Crippen LogP contribution in [0.1, 0.15) is 45.4 Å². The number of rotatable bonds is 5. The third-order valence-electron chi connectivity index (χ3n) is 2.95. The van der Waals surface area contributed by atoms with Gasteiger partial charge < -0.3 is 9.64 Å². The molecule has 3 nitrogen and oxygen atoms in total. The molecule has 1 fully saturated rings. The molecule has 0 saturated carbocycles. The van der Waals surface area contributed by atoms with Crippen LogP contribution >= 0.6 is 0 Å². The Labute approximate surface area is 92.8 Å². The number of hydrogen-bond donors (Lipinski definition) is 0. The molecular weight excluding hydrogens is 190 g/mol. The average Bonchev–Trinajstić information content (AvgIpc) is 2.22. The fourth-order valence-corrected chi connectivity index (χ4v) is 1.87. The fraction of sp³-hybridized carbons (Fsp3) is 0.917. The minimum absolute atomic E-state index is 0.00185. The summed E-state index contributed by atoms with van der Waals surface area (Å²) in [6.07, 6.45) is 6.02. The van der Waals surface area contributed by atoms with Gasteiger partial charge in [0.25, 0.3) is 0 Å². The van der Waals surface area contributed by atoms with Gasteiger partial charge in [0.15, 0.2) is 0 Å². The second-order valence-electron chi connectivity index (χ2n) is 4.45. The third kappa shape index (κ3) is 5.17. The van der Waals surface area contributed by atoms with E-state index >= 15 is 0 Å². The van der Waals surface area contributed by atoms with Crippen molar-refractivity contribution >= 4 is 5.97 Å². The lowest BCUT2D eigenvalue weighted by Gasteiger charge is -2.28. The summed E-state index contributed by atoms with van der Waals surface area (Å²) < 4.78 is 5.42.